The zero-order chi connectivity index (χ0) is 28.8. The fraction of sp³-hybridized carbons (Fsp3) is 0.115. The highest BCUT2D eigenvalue weighted by Crippen LogP contribution is 2.35. The van der Waals surface area contributed by atoms with Gasteiger partial charge in [0.05, 0.1) is 32.0 Å². The Hall–Kier alpha value is -3.84. The van der Waals surface area contributed by atoms with Crippen molar-refractivity contribution in [3.8, 4) is 11.5 Å². The third kappa shape index (κ3) is 7.02. The minimum absolute atomic E-state index is 0.0365. The van der Waals surface area contributed by atoms with Crippen LogP contribution in [0.15, 0.2) is 65.6 Å². The summed E-state index contributed by atoms with van der Waals surface area (Å²) in [7, 11) is 0. The van der Waals surface area contributed by atoms with E-state index < -0.39 is 16.9 Å². The molecule has 0 unspecified atom stereocenters. The zero-order valence-corrected chi connectivity index (χ0v) is 23.8. The minimum atomic E-state index is -0.699. The lowest BCUT2D eigenvalue weighted by Gasteiger charge is -2.16. The Bertz CT molecular complexity index is 1530. The normalized spacial score (nSPS) is 13.9. The van der Waals surface area contributed by atoms with Gasteiger partial charge in [-0.3, -0.25) is 14.9 Å². The lowest BCUT2D eigenvalue weighted by atomic mass is 10.1. The zero-order valence-electron chi connectivity index (χ0n) is 20.7. The number of nitrogens with zero attached hydrogens (tertiary/aromatic N) is 2. The van der Waals surface area contributed by atoms with Crippen LogP contribution in [0.3, 0.4) is 0 Å². The predicted octanol–water partition coefficient (Wildman–Crippen LogP) is 6.82. The van der Waals surface area contributed by atoms with E-state index in [4.69, 9.17) is 44.9 Å². The van der Waals surface area contributed by atoms with Crippen molar-refractivity contribution in [2.24, 2.45) is 0 Å². The number of thiocarbonyl (C=S) groups is 1. The van der Waals surface area contributed by atoms with Gasteiger partial charge < -0.3 is 14.8 Å². The minimum Gasteiger partial charge on any atom is -0.490 e. The van der Waals surface area contributed by atoms with E-state index in [0.29, 0.717) is 39.9 Å². The number of carbonyl (C=O) groups excluding carboxylic acids is 2. The van der Waals surface area contributed by atoms with Gasteiger partial charge in [0.25, 0.3) is 11.6 Å². The van der Waals surface area contributed by atoms with Crippen molar-refractivity contribution in [2.45, 2.75) is 13.5 Å². The van der Waals surface area contributed by atoms with Gasteiger partial charge in [0.2, 0.25) is 0 Å². The van der Waals surface area contributed by atoms with Gasteiger partial charge in [0.1, 0.15) is 6.61 Å². The van der Waals surface area contributed by atoms with Crippen LogP contribution in [0, 0.1) is 10.1 Å². The van der Waals surface area contributed by atoms with Gasteiger partial charge in [0.15, 0.2) is 15.8 Å². The molecule has 3 aromatic carbocycles. The Balaban J connectivity index is 1.46. The molecule has 0 spiro atoms. The molecule has 3 aromatic rings. The van der Waals surface area contributed by atoms with Crippen LogP contribution in [0.2, 0.25) is 10.0 Å². The molecule has 4 rings (SSSR count). The van der Waals surface area contributed by atoms with Gasteiger partial charge >= 0.3 is 6.03 Å². The molecule has 1 saturated heterocycles. The first kappa shape index (κ1) is 29.2. The predicted molar refractivity (Wildman–Crippen MR) is 159 cm³/mol. The third-order valence-electron chi connectivity index (χ3n) is 5.32. The van der Waals surface area contributed by atoms with Crippen molar-refractivity contribution in [2.75, 3.05) is 11.9 Å². The number of nitro groups is 1. The van der Waals surface area contributed by atoms with E-state index in [-0.39, 0.29) is 26.5 Å². The van der Waals surface area contributed by atoms with Crippen molar-refractivity contribution < 1.29 is 24.0 Å². The Kier molecular flexibility index (Phi) is 9.48. The topological polar surface area (TPSA) is 123 Å². The van der Waals surface area contributed by atoms with E-state index in [0.717, 1.165) is 16.8 Å². The highest BCUT2D eigenvalue weighted by atomic mass is 35.5. The van der Waals surface area contributed by atoms with Crippen molar-refractivity contribution in [3.05, 3.63) is 96.9 Å². The molecule has 0 radical (unpaired) electrons. The summed E-state index contributed by atoms with van der Waals surface area (Å²) in [5, 5.41) is 15.4. The summed E-state index contributed by atoms with van der Waals surface area (Å²) in [6.07, 6.45) is 1.60. The molecule has 40 heavy (non-hydrogen) atoms. The maximum absolute atomic E-state index is 13.0. The van der Waals surface area contributed by atoms with Crippen LogP contribution >= 0.6 is 47.2 Å². The Morgan fingerprint density at radius 2 is 1.88 bits per heavy atom. The molecule has 0 atom stereocenters. The molecule has 1 aliphatic rings. The number of para-hydroxylation sites is 1. The molecule has 0 aromatic heterocycles. The number of halogens is 2. The number of hydrazine groups is 1. The molecule has 10 nitrogen and oxygen atoms in total. The largest absolute Gasteiger partial charge is 0.490 e. The van der Waals surface area contributed by atoms with Crippen molar-refractivity contribution in [1.29, 1.82) is 0 Å². The van der Waals surface area contributed by atoms with E-state index in [1.807, 2.05) is 0 Å². The van der Waals surface area contributed by atoms with E-state index in [2.05, 4.69) is 10.7 Å². The summed E-state index contributed by atoms with van der Waals surface area (Å²) in [6, 6.07) is 15.2. The number of benzene rings is 3. The first-order valence-electron chi connectivity index (χ1n) is 11.6. The monoisotopic (exact) mass is 618 g/mol. The number of carbonyl (C=O) groups is 2. The highest BCUT2D eigenvalue weighted by molar-refractivity contribution is 8.26. The summed E-state index contributed by atoms with van der Waals surface area (Å²) in [4.78, 5) is 36.5. The van der Waals surface area contributed by atoms with Gasteiger partial charge in [-0.1, -0.05) is 53.2 Å². The number of hydrogen-bond acceptors (Lipinski definition) is 8. The van der Waals surface area contributed by atoms with Crippen LogP contribution in [0.25, 0.3) is 6.08 Å². The maximum Gasteiger partial charge on any atom is 0.338 e. The first-order valence-corrected chi connectivity index (χ1v) is 13.6. The van der Waals surface area contributed by atoms with Crippen LogP contribution < -0.4 is 20.2 Å². The molecule has 14 heteroatoms. The lowest BCUT2D eigenvalue weighted by Crippen LogP contribution is -2.46. The Morgan fingerprint density at radius 1 is 1.10 bits per heavy atom. The van der Waals surface area contributed by atoms with Crippen LogP contribution in [-0.4, -0.2) is 32.8 Å². The van der Waals surface area contributed by atoms with Gasteiger partial charge in [-0.15, -0.1) is 0 Å². The SMILES string of the molecule is CCOc1cc(/C=C2/SC(=S)N(NC(=O)Nc3ccc(Cl)c(Cl)c3)C2=O)ccc1OCc1ccccc1[N+](=O)[O-]. The number of urea groups is 1. The van der Waals surface area contributed by atoms with E-state index in [1.54, 1.807) is 55.5 Å². The van der Waals surface area contributed by atoms with Crippen LogP contribution in [0.4, 0.5) is 16.2 Å². The molecule has 1 heterocycles. The van der Waals surface area contributed by atoms with Crippen molar-refractivity contribution in [1.82, 2.24) is 10.4 Å². The Morgan fingerprint density at radius 3 is 2.60 bits per heavy atom. The summed E-state index contributed by atoms with van der Waals surface area (Å²) >= 11 is 18.2. The van der Waals surface area contributed by atoms with Gasteiger partial charge in [0, 0.05) is 11.8 Å². The molecular formula is C26H20Cl2N4O6S2. The number of amides is 3. The van der Waals surface area contributed by atoms with E-state index in [1.165, 1.54) is 18.2 Å². The molecule has 1 fully saturated rings. The second-order valence-electron chi connectivity index (χ2n) is 8.03. The summed E-state index contributed by atoms with van der Waals surface area (Å²) < 4.78 is 11.7. The summed E-state index contributed by atoms with van der Waals surface area (Å²) in [6.45, 7) is 2.11. The highest BCUT2D eigenvalue weighted by Gasteiger charge is 2.33. The van der Waals surface area contributed by atoms with Crippen LogP contribution in [0.1, 0.15) is 18.1 Å². The second-order valence-corrected chi connectivity index (χ2v) is 10.5. The molecule has 0 bridgehead atoms. The quantitative estimate of drug-likeness (QED) is 0.116. The number of thioether (sulfide) groups is 1. The summed E-state index contributed by atoms with van der Waals surface area (Å²) in [5.41, 5.74) is 3.79. The molecule has 2 N–H and O–H groups in total. The molecule has 3 amide bonds. The number of hydrogen-bond donors (Lipinski definition) is 2. The number of rotatable bonds is 9. The molecule has 1 aliphatic heterocycles. The first-order chi connectivity index (χ1) is 19.2. The van der Waals surface area contributed by atoms with Gasteiger partial charge in [-0.05, 0) is 67.2 Å². The van der Waals surface area contributed by atoms with Crippen molar-refractivity contribution in [3.63, 3.8) is 0 Å². The number of nitro benzene ring substituents is 1. The van der Waals surface area contributed by atoms with Crippen LogP contribution in [-0.2, 0) is 11.4 Å². The lowest BCUT2D eigenvalue weighted by molar-refractivity contribution is -0.385. The number of ether oxygens (including phenoxy) is 2. The fourth-order valence-corrected chi connectivity index (χ4v) is 5.00. The average Bonchev–Trinajstić information content (AvgIpc) is 3.17. The number of nitrogens with one attached hydrogen (secondary N) is 2. The molecule has 0 saturated carbocycles. The standard InChI is InChI=1S/C26H20Cl2N4O6S2/c1-2-37-22-11-15(7-10-21(22)38-14-16-5-3-4-6-20(16)32(35)36)12-23-24(33)31(26(39)40-23)30-25(34)29-17-8-9-18(27)19(28)13-17/h3-13H,2,14H2,1H3,(H2,29,30,34)/b23-12+. The third-order valence-corrected chi connectivity index (χ3v) is 7.36. The number of anilines is 1. The van der Waals surface area contributed by atoms with E-state index >= 15 is 0 Å². The maximum atomic E-state index is 13.0. The Labute approximate surface area is 248 Å². The van der Waals surface area contributed by atoms with Crippen LogP contribution in [0.5, 0.6) is 11.5 Å². The summed E-state index contributed by atoms with van der Waals surface area (Å²) in [5.74, 6) is 0.253. The smallest absolute Gasteiger partial charge is 0.338 e. The van der Waals surface area contributed by atoms with E-state index in [9.17, 15) is 19.7 Å². The molecule has 0 aliphatic carbocycles. The average molecular weight is 620 g/mol. The van der Waals surface area contributed by atoms with Crippen molar-refractivity contribution >= 4 is 80.9 Å². The fourth-order valence-electron chi connectivity index (χ4n) is 3.52. The molecular weight excluding hydrogens is 599 g/mol. The van der Waals surface area contributed by atoms with Gasteiger partial charge in [-0.2, -0.15) is 5.01 Å². The van der Waals surface area contributed by atoms with Gasteiger partial charge in [-0.25, -0.2) is 10.2 Å². The molecule has 206 valence electrons. The second kappa shape index (κ2) is 13.0.